The number of carboxylic acid groups (broad SMARTS) is 4. The maximum absolute atomic E-state index is 10.1. The van der Waals surface area contributed by atoms with Crippen molar-refractivity contribution < 1.29 is 79.0 Å². The zero-order valence-electron chi connectivity index (χ0n) is 34.2. The molecule has 0 fully saturated rings. The summed E-state index contributed by atoms with van der Waals surface area (Å²) in [6.45, 7) is 1.37. The van der Waals surface area contributed by atoms with Crippen molar-refractivity contribution in [1.82, 2.24) is 0 Å². The minimum absolute atomic E-state index is 0.0623. The van der Waals surface area contributed by atoms with Gasteiger partial charge in [0, 0.05) is 0 Å². The Bertz CT molecular complexity index is 1410. The van der Waals surface area contributed by atoms with E-state index in [0.717, 1.165) is 22.3 Å². The van der Waals surface area contributed by atoms with Crippen molar-refractivity contribution in [2.24, 2.45) is 5.41 Å². The zero-order chi connectivity index (χ0) is 45.4. The van der Waals surface area contributed by atoms with Gasteiger partial charge in [0.25, 0.3) is 0 Å². The van der Waals surface area contributed by atoms with Gasteiger partial charge in [-0.1, -0.05) is 121 Å². The molecular formula is C45H60O16. The van der Waals surface area contributed by atoms with Gasteiger partial charge in [-0.25, -0.2) is 0 Å². The fourth-order valence-corrected chi connectivity index (χ4v) is 3.99. The van der Waals surface area contributed by atoms with Gasteiger partial charge in [0.05, 0.1) is 110 Å². The van der Waals surface area contributed by atoms with Crippen molar-refractivity contribution in [3.63, 3.8) is 0 Å². The summed E-state index contributed by atoms with van der Waals surface area (Å²) >= 11 is 0. The van der Waals surface area contributed by atoms with Crippen LogP contribution >= 0.6 is 0 Å². The Balaban J connectivity index is 0.000000742. The number of rotatable bonds is 24. The molecule has 0 amide bonds. The van der Waals surface area contributed by atoms with Crippen molar-refractivity contribution in [2.75, 3.05) is 52.9 Å². The number of carboxylic acids is 4. The van der Waals surface area contributed by atoms with Crippen molar-refractivity contribution in [3.05, 3.63) is 144 Å². The van der Waals surface area contributed by atoms with Gasteiger partial charge in [-0.15, -0.1) is 0 Å². The second-order valence-electron chi connectivity index (χ2n) is 12.9. The van der Waals surface area contributed by atoms with E-state index in [1.807, 2.05) is 121 Å². The third kappa shape index (κ3) is 33.9. The average Bonchev–Trinajstić information content (AvgIpc) is 3.27. The number of aliphatic hydroxyl groups is 4. The van der Waals surface area contributed by atoms with Gasteiger partial charge in [0.1, 0.15) is 0 Å². The maximum atomic E-state index is 10.1. The number of benzene rings is 4. The smallest absolute Gasteiger partial charge is 0.305 e. The lowest BCUT2D eigenvalue weighted by Gasteiger charge is -2.23. The predicted molar refractivity (Wildman–Crippen MR) is 224 cm³/mol. The fraction of sp³-hybridized carbons (Fsp3) is 0.378. The first kappa shape index (κ1) is 55.4. The molecule has 61 heavy (non-hydrogen) atoms. The predicted octanol–water partition coefficient (Wildman–Crippen LogP) is 4.65. The SMILES string of the molecule is O=C(O)CCOCc1ccccc1.O=C(O)CCOCc1ccccc1.O=C(O)CCOCc1ccccc1.O=C(O)CCOCc1ccccc1.OCC(CO)(CO)CO. The van der Waals surface area contributed by atoms with Crippen LogP contribution in [0.4, 0.5) is 0 Å². The minimum Gasteiger partial charge on any atom is -0.481 e. The molecule has 336 valence electrons. The van der Waals surface area contributed by atoms with Crippen LogP contribution in [0.5, 0.6) is 0 Å². The second-order valence-corrected chi connectivity index (χ2v) is 12.9. The van der Waals surface area contributed by atoms with Gasteiger partial charge in [-0.2, -0.15) is 0 Å². The zero-order valence-corrected chi connectivity index (χ0v) is 34.2. The number of aliphatic carboxylic acids is 4. The van der Waals surface area contributed by atoms with Crippen molar-refractivity contribution >= 4 is 23.9 Å². The van der Waals surface area contributed by atoms with Gasteiger partial charge in [0.2, 0.25) is 0 Å². The van der Waals surface area contributed by atoms with E-state index >= 15 is 0 Å². The Morgan fingerprint density at radius 1 is 0.344 bits per heavy atom. The first-order valence-electron chi connectivity index (χ1n) is 19.2. The molecule has 4 aromatic rings. The van der Waals surface area contributed by atoms with Crippen LogP contribution in [0.2, 0.25) is 0 Å². The fourth-order valence-electron chi connectivity index (χ4n) is 3.99. The molecule has 0 aliphatic heterocycles. The van der Waals surface area contributed by atoms with Gasteiger partial charge >= 0.3 is 23.9 Å². The van der Waals surface area contributed by atoms with Crippen molar-refractivity contribution in [2.45, 2.75) is 52.1 Å². The third-order valence-corrected chi connectivity index (χ3v) is 7.63. The lowest BCUT2D eigenvalue weighted by atomic mass is 9.93. The molecule has 0 saturated heterocycles. The minimum atomic E-state index is -1.11. The second kappa shape index (κ2) is 37.4. The Labute approximate surface area is 356 Å². The van der Waals surface area contributed by atoms with Crippen LogP contribution in [0, 0.1) is 5.41 Å². The molecule has 4 aromatic carbocycles. The van der Waals surface area contributed by atoms with E-state index < -0.39 is 55.7 Å². The Kier molecular flexibility index (Phi) is 34.0. The van der Waals surface area contributed by atoms with E-state index in [0.29, 0.717) is 26.4 Å². The maximum Gasteiger partial charge on any atom is 0.305 e. The summed E-state index contributed by atoms with van der Waals surface area (Å²) in [7, 11) is 0. The van der Waals surface area contributed by atoms with E-state index in [2.05, 4.69) is 0 Å². The first-order chi connectivity index (χ1) is 29.4. The van der Waals surface area contributed by atoms with Crippen molar-refractivity contribution in [3.8, 4) is 0 Å². The summed E-state index contributed by atoms with van der Waals surface area (Å²) in [4.78, 5) is 40.5. The van der Waals surface area contributed by atoms with Crippen LogP contribution in [0.25, 0.3) is 0 Å². The van der Waals surface area contributed by atoms with E-state index in [1.54, 1.807) is 0 Å². The van der Waals surface area contributed by atoms with Crippen LogP contribution in [-0.4, -0.2) is 118 Å². The molecule has 0 saturated carbocycles. The van der Waals surface area contributed by atoms with E-state index in [-0.39, 0.29) is 52.1 Å². The quantitative estimate of drug-likeness (QED) is 0.0446. The summed E-state index contributed by atoms with van der Waals surface area (Å²) in [6, 6.07) is 38.7. The van der Waals surface area contributed by atoms with E-state index in [9.17, 15) is 19.2 Å². The highest BCUT2D eigenvalue weighted by Crippen LogP contribution is 2.12. The largest absolute Gasteiger partial charge is 0.481 e. The molecule has 4 rings (SSSR count). The van der Waals surface area contributed by atoms with E-state index in [1.165, 1.54) is 0 Å². The summed E-state index contributed by atoms with van der Waals surface area (Å²) in [5.74, 6) is -3.30. The lowest BCUT2D eigenvalue weighted by Crippen LogP contribution is -2.37. The van der Waals surface area contributed by atoms with Crippen LogP contribution in [0.15, 0.2) is 121 Å². The molecule has 0 spiro atoms. The summed E-state index contributed by atoms with van der Waals surface area (Å²) in [5, 5.41) is 67.3. The number of carbonyl (C=O) groups is 4. The molecule has 0 aromatic heterocycles. The number of ether oxygens (including phenoxy) is 4. The molecule has 0 atom stereocenters. The number of hydrogen-bond acceptors (Lipinski definition) is 12. The van der Waals surface area contributed by atoms with E-state index in [4.69, 9.17) is 59.8 Å². The average molecular weight is 857 g/mol. The Morgan fingerprint density at radius 3 is 0.656 bits per heavy atom. The van der Waals surface area contributed by atoms with Gasteiger partial charge in [-0.05, 0) is 22.3 Å². The summed E-state index contributed by atoms with van der Waals surface area (Å²) < 4.78 is 20.6. The molecule has 16 nitrogen and oxygen atoms in total. The molecule has 8 N–H and O–H groups in total. The first-order valence-corrected chi connectivity index (χ1v) is 19.2. The van der Waals surface area contributed by atoms with Crippen LogP contribution in [0.3, 0.4) is 0 Å². The lowest BCUT2D eigenvalue weighted by molar-refractivity contribution is -0.139. The van der Waals surface area contributed by atoms with Crippen molar-refractivity contribution in [1.29, 1.82) is 0 Å². The highest BCUT2D eigenvalue weighted by atomic mass is 16.5. The number of hydrogen-bond donors (Lipinski definition) is 8. The third-order valence-electron chi connectivity index (χ3n) is 7.63. The molecule has 0 aliphatic carbocycles. The van der Waals surface area contributed by atoms with Crippen LogP contribution in [0.1, 0.15) is 47.9 Å². The highest BCUT2D eigenvalue weighted by Gasteiger charge is 2.26. The van der Waals surface area contributed by atoms with Gasteiger partial charge < -0.3 is 59.8 Å². The number of aliphatic hydroxyl groups excluding tert-OH is 4. The Hall–Kier alpha value is -5.56. The van der Waals surface area contributed by atoms with Gasteiger partial charge in [-0.3, -0.25) is 19.2 Å². The Morgan fingerprint density at radius 2 is 0.525 bits per heavy atom. The summed E-state index contributed by atoms with van der Waals surface area (Å²) in [6.07, 6.45) is 0.249. The molecule has 0 unspecified atom stereocenters. The molecule has 0 radical (unpaired) electrons. The molecule has 16 heteroatoms. The monoisotopic (exact) mass is 856 g/mol. The molecule has 0 heterocycles. The highest BCUT2D eigenvalue weighted by molar-refractivity contribution is 5.67. The van der Waals surface area contributed by atoms with Gasteiger partial charge in [0.15, 0.2) is 0 Å². The van der Waals surface area contributed by atoms with Crippen LogP contribution < -0.4 is 0 Å². The van der Waals surface area contributed by atoms with Crippen LogP contribution in [-0.2, 0) is 64.6 Å². The molecule has 0 aliphatic rings. The standard InChI is InChI=1S/4C10H12O3.C5H12O4/c4*11-10(12)6-7-13-8-9-4-2-1-3-5-9;6-1-5(2-7,3-8)4-9/h4*1-5H,6-8H2,(H,11,12);6-9H,1-4H2. The molecular weight excluding hydrogens is 796 g/mol. The molecule has 0 bridgehead atoms. The topological polar surface area (TPSA) is 267 Å². The summed E-state index contributed by atoms with van der Waals surface area (Å²) in [5.41, 5.74) is 3.14. The normalized spacial score (nSPS) is 10.2.